The molecular weight excluding hydrogens is 436 g/mol. The van der Waals surface area contributed by atoms with E-state index in [2.05, 4.69) is 15.7 Å². The number of carbonyl (C=O) groups is 3. The largest absolute Gasteiger partial charge is 0.324 e. The Morgan fingerprint density at radius 2 is 1.90 bits per heavy atom. The van der Waals surface area contributed by atoms with E-state index in [0.29, 0.717) is 10.7 Å². The Labute approximate surface area is 180 Å². The van der Waals surface area contributed by atoms with Gasteiger partial charge in [0.2, 0.25) is 5.91 Å². The molecule has 2 heterocycles. The van der Waals surface area contributed by atoms with Crippen molar-refractivity contribution in [3.63, 3.8) is 0 Å². The van der Waals surface area contributed by atoms with E-state index < -0.39 is 35.6 Å². The van der Waals surface area contributed by atoms with Crippen LogP contribution in [0.3, 0.4) is 0 Å². The second-order valence-electron chi connectivity index (χ2n) is 6.81. The monoisotopic (exact) mass is 449 g/mol. The SMILES string of the molecule is Cc1ccc(N2C(=O)C3N=NN(CC(=O)Nc4ccc(F)c(Cl)c4)C3C2=O)cc1Cl. The third-order valence-corrected chi connectivity index (χ3v) is 5.48. The molecule has 11 heteroatoms. The summed E-state index contributed by atoms with van der Waals surface area (Å²) in [6.07, 6.45) is 0. The lowest BCUT2D eigenvalue weighted by molar-refractivity contribution is -0.123. The maximum absolute atomic E-state index is 13.3. The van der Waals surface area contributed by atoms with Crippen molar-refractivity contribution in [3.8, 4) is 0 Å². The topological polar surface area (TPSA) is 94.4 Å². The lowest BCUT2D eigenvalue weighted by Gasteiger charge is -2.20. The van der Waals surface area contributed by atoms with Crippen LogP contribution in [0.25, 0.3) is 0 Å². The fourth-order valence-corrected chi connectivity index (χ4v) is 3.61. The molecule has 4 rings (SSSR count). The zero-order valence-corrected chi connectivity index (χ0v) is 17.0. The minimum Gasteiger partial charge on any atom is -0.324 e. The van der Waals surface area contributed by atoms with Crippen molar-refractivity contribution in [3.05, 3.63) is 57.8 Å². The highest BCUT2D eigenvalue weighted by Crippen LogP contribution is 2.33. The summed E-state index contributed by atoms with van der Waals surface area (Å²) in [7, 11) is 0. The van der Waals surface area contributed by atoms with Gasteiger partial charge in [0, 0.05) is 10.7 Å². The van der Waals surface area contributed by atoms with E-state index in [9.17, 15) is 18.8 Å². The van der Waals surface area contributed by atoms with Gasteiger partial charge in [-0.1, -0.05) is 34.5 Å². The number of hydrogen-bond donors (Lipinski definition) is 1. The van der Waals surface area contributed by atoms with Crippen LogP contribution in [-0.2, 0) is 14.4 Å². The third kappa shape index (κ3) is 3.50. The molecule has 154 valence electrons. The molecule has 0 bridgehead atoms. The second-order valence-corrected chi connectivity index (χ2v) is 7.63. The van der Waals surface area contributed by atoms with E-state index in [-0.39, 0.29) is 17.3 Å². The molecule has 1 N–H and O–H groups in total. The molecule has 2 aromatic carbocycles. The third-order valence-electron chi connectivity index (χ3n) is 4.78. The van der Waals surface area contributed by atoms with Crippen molar-refractivity contribution in [1.29, 1.82) is 0 Å². The summed E-state index contributed by atoms with van der Waals surface area (Å²) < 4.78 is 13.3. The number of amides is 3. The molecule has 8 nitrogen and oxygen atoms in total. The van der Waals surface area contributed by atoms with Crippen molar-refractivity contribution in [1.82, 2.24) is 5.01 Å². The minimum atomic E-state index is -1.04. The normalized spacial score (nSPS) is 20.1. The van der Waals surface area contributed by atoms with Crippen molar-refractivity contribution in [2.45, 2.75) is 19.0 Å². The summed E-state index contributed by atoms with van der Waals surface area (Å²) in [5, 5.41) is 11.6. The number of halogens is 3. The van der Waals surface area contributed by atoms with Gasteiger partial charge in [0.25, 0.3) is 11.8 Å². The van der Waals surface area contributed by atoms with Crippen LogP contribution < -0.4 is 10.2 Å². The fraction of sp³-hybridized carbons (Fsp3) is 0.211. The summed E-state index contributed by atoms with van der Waals surface area (Å²) in [5.74, 6) is -2.24. The Bertz CT molecular complexity index is 1110. The van der Waals surface area contributed by atoms with Crippen LogP contribution in [-0.4, -0.2) is 41.4 Å². The molecule has 2 aliphatic heterocycles. The smallest absolute Gasteiger partial charge is 0.263 e. The fourth-order valence-electron chi connectivity index (χ4n) is 3.25. The molecule has 2 aromatic rings. The van der Waals surface area contributed by atoms with Gasteiger partial charge >= 0.3 is 0 Å². The van der Waals surface area contributed by atoms with Crippen molar-refractivity contribution in [2.75, 3.05) is 16.8 Å². The minimum absolute atomic E-state index is 0.141. The van der Waals surface area contributed by atoms with Gasteiger partial charge in [-0.25, -0.2) is 9.29 Å². The van der Waals surface area contributed by atoms with Crippen LogP contribution in [0.2, 0.25) is 10.0 Å². The molecule has 0 aliphatic carbocycles. The molecule has 0 radical (unpaired) electrons. The van der Waals surface area contributed by atoms with E-state index in [1.54, 1.807) is 19.1 Å². The predicted octanol–water partition coefficient (Wildman–Crippen LogP) is 3.37. The molecule has 1 saturated heterocycles. The molecule has 2 unspecified atom stereocenters. The maximum Gasteiger partial charge on any atom is 0.263 e. The summed E-state index contributed by atoms with van der Waals surface area (Å²) >= 11 is 11.8. The van der Waals surface area contributed by atoms with Gasteiger partial charge in [-0.2, -0.15) is 5.11 Å². The number of imide groups is 1. The van der Waals surface area contributed by atoms with E-state index in [1.165, 1.54) is 18.2 Å². The number of fused-ring (bicyclic) bond motifs is 1. The van der Waals surface area contributed by atoms with E-state index >= 15 is 0 Å². The zero-order valence-electron chi connectivity index (χ0n) is 15.5. The summed E-state index contributed by atoms with van der Waals surface area (Å²) in [4.78, 5) is 39.0. The summed E-state index contributed by atoms with van der Waals surface area (Å²) in [5.41, 5.74) is 1.41. The average Bonchev–Trinajstić information content (AvgIpc) is 3.21. The van der Waals surface area contributed by atoms with E-state index in [4.69, 9.17) is 23.2 Å². The molecule has 30 heavy (non-hydrogen) atoms. The van der Waals surface area contributed by atoms with Gasteiger partial charge in [0.15, 0.2) is 12.1 Å². The Kier molecular flexibility index (Phi) is 5.17. The lowest BCUT2D eigenvalue weighted by Crippen LogP contribution is -2.43. The maximum atomic E-state index is 13.3. The van der Waals surface area contributed by atoms with Crippen molar-refractivity contribution >= 4 is 52.3 Å². The predicted molar refractivity (Wildman–Crippen MR) is 108 cm³/mol. The van der Waals surface area contributed by atoms with Gasteiger partial charge in [0.05, 0.1) is 10.7 Å². The van der Waals surface area contributed by atoms with Gasteiger partial charge < -0.3 is 5.32 Å². The quantitative estimate of drug-likeness (QED) is 0.723. The number of rotatable bonds is 4. The highest BCUT2D eigenvalue weighted by atomic mass is 35.5. The van der Waals surface area contributed by atoms with Gasteiger partial charge in [0.1, 0.15) is 12.4 Å². The van der Waals surface area contributed by atoms with E-state index in [0.717, 1.165) is 21.5 Å². The summed E-state index contributed by atoms with van der Waals surface area (Å²) in [6, 6.07) is 6.51. The first-order valence-corrected chi connectivity index (χ1v) is 9.58. The number of nitrogens with zero attached hydrogens (tertiary/aromatic N) is 4. The molecule has 2 aliphatic rings. The van der Waals surface area contributed by atoms with Crippen LogP contribution in [0.1, 0.15) is 5.56 Å². The number of nitrogens with one attached hydrogen (secondary N) is 1. The van der Waals surface area contributed by atoms with Gasteiger partial charge in [-0.05, 0) is 42.8 Å². The number of carbonyl (C=O) groups excluding carboxylic acids is 3. The second kappa shape index (κ2) is 7.66. The Morgan fingerprint density at radius 3 is 2.60 bits per heavy atom. The van der Waals surface area contributed by atoms with Gasteiger partial charge in [-0.3, -0.25) is 19.4 Å². The van der Waals surface area contributed by atoms with Gasteiger partial charge in [-0.15, -0.1) is 0 Å². The van der Waals surface area contributed by atoms with Crippen molar-refractivity contribution in [2.24, 2.45) is 10.3 Å². The van der Waals surface area contributed by atoms with Crippen LogP contribution in [0.15, 0.2) is 46.7 Å². The Hall–Kier alpha value is -3.04. The van der Waals surface area contributed by atoms with Crippen LogP contribution >= 0.6 is 23.2 Å². The molecule has 3 amide bonds. The first-order chi connectivity index (χ1) is 14.3. The Morgan fingerprint density at radius 1 is 1.13 bits per heavy atom. The zero-order chi connectivity index (χ0) is 21.6. The average molecular weight is 450 g/mol. The highest BCUT2D eigenvalue weighted by Gasteiger charge is 2.55. The summed E-state index contributed by atoms with van der Waals surface area (Å²) in [6.45, 7) is 1.47. The van der Waals surface area contributed by atoms with Crippen LogP contribution in [0, 0.1) is 12.7 Å². The number of anilines is 2. The molecule has 0 aromatic heterocycles. The number of benzene rings is 2. The van der Waals surface area contributed by atoms with E-state index in [1.807, 2.05) is 0 Å². The number of hydrogen-bond acceptors (Lipinski definition) is 6. The standard InChI is InChI=1S/C19H14Cl2FN5O3/c1-9-2-4-11(7-12(9)20)27-18(29)16-17(19(27)30)26(25-24-16)8-15(28)23-10-3-5-14(22)13(21)6-10/h2-7,16-17H,8H2,1H3,(H,23,28). The Balaban J connectivity index is 1.49. The van der Waals surface area contributed by atoms with Crippen molar-refractivity contribution < 1.29 is 18.8 Å². The molecular formula is C19H14Cl2FN5O3. The first-order valence-electron chi connectivity index (χ1n) is 8.82. The van der Waals surface area contributed by atoms with Crippen LogP contribution in [0.5, 0.6) is 0 Å². The lowest BCUT2D eigenvalue weighted by atomic mass is 10.1. The van der Waals surface area contributed by atoms with Crippen LogP contribution in [0.4, 0.5) is 15.8 Å². The molecule has 0 spiro atoms. The highest BCUT2D eigenvalue weighted by molar-refractivity contribution is 6.32. The molecule has 0 saturated carbocycles. The number of aryl methyl sites for hydroxylation is 1. The molecule has 1 fully saturated rings. The molecule has 2 atom stereocenters. The first kappa shape index (κ1) is 20.2.